The zero-order valence-corrected chi connectivity index (χ0v) is 11.9. The molecule has 0 spiro atoms. The lowest BCUT2D eigenvalue weighted by Gasteiger charge is -2.30. The Morgan fingerprint density at radius 2 is 1.89 bits per heavy atom. The molecular weight excluding hydrogens is 244 g/mol. The highest BCUT2D eigenvalue weighted by atomic mass is 16.5. The minimum atomic E-state index is -0.371. The van der Waals surface area contributed by atoms with Gasteiger partial charge in [-0.05, 0) is 39.7 Å². The van der Waals surface area contributed by atoms with E-state index in [2.05, 4.69) is 4.98 Å². The van der Waals surface area contributed by atoms with Crippen LogP contribution in [0.4, 0.5) is 0 Å². The van der Waals surface area contributed by atoms with Gasteiger partial charge in [-0.3, -0.25) is 4.79 Å². The van der Waals surface area contributed by atoms with Crippen LogP contribution in [0.1, 0.15) is 52.4 Å². The maximum Gasteiger partial charge on any atom is 0.340 e. The Morgan fingerprint density at radius 1 is 1.26 bits per heavy atom. The highest BCUT2D eigenvalue weighted by molar-refractivity contribution is 6.00. The Morgan fingerprint density at radius 3 is 2.37 bits per heavy atom. The average Bonchev–Trinajstić information content (AvgIpc) is 2.50. The molecule has 1 amide bonds. The third kappa shape index (κ3) is 2.50. The van der Waals surface area contributed by atoms with Crippen molar-refractivity contribution >= 4 is 11.9 Å². The van der Waals surface area contributed by atoms with Crippen molar-refractivity contribution in [3.8, 4) is 0 Å². The van der Waals surface area contributed by atoms with Crippen molar-refractivity contribution < 1.29 is 14.3 Å². The fraction of sp³-hybridized carbons (Fsp3) is 0.571. The molecule has 19 heavy (non-hydrogen) atoms. The number of carbonyl (C=O) groups is 2. The quantitative estimate of drug-likeness (QED) is 0.850. The van der Waals surface area contributed by atoms with Gasteiger partial charge in [0.2, 0.25) is 0 Å². The standard InChI is InChI=1S/C14H20N2O3/c1-8(2)19-14(18)11-9(3)12(15-10(11)4)13(17)16-6-5-7-16/h8,15H,5-7H2,1-4H3. The van der Waals surface area contributed by atoms with E-state index < -0.39 is 0 Å². The maximum atomic E-state index is 12.2. The molecule has 0 aromatic carbocycles. The molecule has 0 aliphatic carbocycles. The predicted molar refractivity (Wildman–Crippen MR) is 71.3 cm³/mol. The number of esters is 1. The molecule has 1 aliphatic rings. The summed E-state index contributed by atoms with van der Waals surface area (Å²) in [7, 11) is 0. The summed E-state index contributed by atoms with van der Waals surface area (Å²) in [5.41, 5.74) is 2.36. The molecule has 1 aromatic rings. The molecule has 0 atom stereocenters. The van der Waals surface area contributed by atoms with E-state index in [0.29, 0.717) is 22.5 Å². The van der Waals surface area contributed by atoms with Gasteiger partial charge >= 0.3 is 5.97 Å². The fourth-order valence-corrected chi connectivity index (χ4v) is 2.22. The van der Waals surface area contributed by atoms with Crippen LogP contribution in [-0.2, 0) is 4.74 Å². The molecule has 1 N–H and O–H groups in total. The van der Waals surface area contributed by atoms with E-state index in [1.165, 1.54) is 0 Å². The van der Waals surface area contributed by atoms with E-state index >= 15 is 0 Å². The lowest BCUT2D eigenvalue weighted by Crippen LogP contribution is -2.42. The molecule has 0 bridgehead atoms. The van der Waals surface area contributed by atoms with Crippen LogP contribution in [0.2, 0.25) is 0 Å². The van der Waals surface area contributed by atoms with Crippen LogP contribution in [0.15, 0.2) is 0 Å². The molecule has 1 aromatic heterocycles. The largest absolute Gasteiger partial charge is 0.459 e. The number of aryl methyl sites for hydroxylation is 1. The van der Waals surface area contributed by atoms with Gasteiger partial charge in [0, 0.05) is 18.8 Å². The number of hydrogen-bond donors (Lipinski definition) is 1. The highest BCUT2D eigenvalue weighted by Crippen LogP contribution is 2.22. The number of amides is 1. The molecule has 5 nitrogen and oxygen atoms in total. The topological polar surface area (TPSA) is 62.4 Å². The molecule has 104 valence electrons. The molecule has 2 heterocycles. The number of H-pyrrole nitrogens is 1. The number of nitrogens with zero attached hydrogens (tertiary/aromatic N) is 1. The summed E-state index contributed by atoms with van der Waals surface area (Å²) in [6.45, 7) is 8.77. The molecular formula is C14H20N2O3. The summed E-state index contributed by atoms with van der Waals surface area (Å²) in [4.78, 5) is 29.0. The van der Waals surface area contributed by atoms with Gasteiger partial charge in [0.15, 0.2) is 0 Å². The minimum Gasteiger partial charge on any atom is -0.459 e. The van der Waals surface area contributed by atoms with Crippen LogP contribution in [0.25, 0.3) is 0 Å². The Bertz CT molecular complexity index is 513. The van der Waals surface area contributed by atoms with Gasteiger partial charge < -0.3 is 14.6 Å². The second-order valence-electron chi connectivity index (χ2n) is 5.22. The first-order chi connectivity index (χ1) is 8.91. The van der Waals surface area contributed by atoms with Gasteiger partial charge in [0.05, 0.1) is 11.7 Å². The average molecular weight is 264 g/mol. The van der Waals surface area contributed by atoms with Crippen LogP contribution in [0, 0.1) is 13.8 Å². The highest BCUT2D eigenvalue weighted by Gasteiger charge is 2.28. The summed E-state index contributed by atoms with van der Waals surface area (Å²) in [6.07, 6.45) is 0.878. The van der Waals surface area contributed by atoms with Crippen LogP contribution >= 0.6 is 0 Å². The number of likely N-dealkylation sites (tertiary alicyclic amines) is 1. The monoisotopic (exact) mass is 264 g/mol. The number of ether oxygens (including phenoxy) is 1. The van der Waals surface area contributed by atoms with E-state index in [9.17, 15) is 9.59 Å². The van der Waals surface area contributed by atoms with E-state index in [1.54, 1.807) is 32.6 Å². The molecule has 1 saturated heterocycles. The SMILES string of the molecule is Cc1[nH]c(C(=O)N2CCC2)c(C)c1C(=O)OC(C)C. The lowest BCUT2D eigenvalue weighted by atomic mass is 10.1. The van der Waals surface area contributed by atoms with Crippen molar-refractivity contribution in [1.82, 2.24) is 9.88 Å². The molecule has 2 rings (SSSR count). The summed E-state index contributed by atoms with van der Waals surface area (Å²) in [6, 6.07) is 0. The Labute approximate surface area is 112 Å². The van der Waals surface area contributed by atoms with Gasteiger partial charge in [0.1, 0.15) is 5.69 Å². The fourth-order valence-electron chi connectivity index (χ4n) is 2.22. The normalized spacial score (nSPS) is 14.5. The number of hydrogen-bond acceptors (Lipinski definition) is 3. The molecule has 0 radical (unpaired) electrons. The first-order valence-electron chi connectivity index (χ1n) is 6.61. The van der Waals surface area contributed by atoms with Crippen molar-refractivity contribution in [3.63, 3.8) is 0 Å². The van der Waals surface area contributed by atoms with Crippen molar-refractivity contribution in [2.24, 2.45) is 0 Å². The van der Waals surface area contributed by atoms with Gasteiger partial charge in [-0.2, -0.15) is 0 Å². The maximum absolute atomic E-state index is 12.2. The predicted octanol–water partition coefficient (Wildman–Crippen LogP) is 2.04. The van der Waals surface area contributed by atoms with Gasteiger partial charge in [-0.15, -0.1) is 0 Å². The second kappa shape index (κ2) is 5.07. The number of aromatic nitrogens is 1. The third-order valence-electron chi connectivity index (χ3n) is 3.34. The zero-order chi connectivity index (χ0) is 14.2. The first kappa shape index (κ1) is 13.6. The number of nitrogens with one attached hydrogen (secondary N) is 1. The van der Waals surface area contributed by atoms with Crippen LogP contribution in [0.3, 0.4) is 0 Å². The van der Waals surface area contributed by atoms with Crippen molar-refractivity contribution in [3.05, 3.63) is 22.5 Å². The first-order valence-corrected chi connectivity index (χ1v) is 6.61. The minimum absolute atomic E-state index is 0.0320. The summed E-state index contributed by atoms with van der Waals surface area (Å²) in [5.74, 6) is -0.403. The van der Waals surface area contributed by atoms with Crippen molar-refractivity contribution in [2.45, 2.75) is 40.2 Å². The van der Waals surface area contributed by atoms with E-state index in [0.717, 1.165) is 19.5 Å². The number of rotatable bonds is 3. The van der Waals surface area contributed by atoms with Crippen LogP contribution < -0.4 is 0 Å². The van der Waals surface area contributed by atoms with Crippen LogP contribution in [0.5, 0.6) is 0 Å². The molecule has 5 heteroatoms. The number of aromatic amines is 1. The van der Waals surface area contributed by atoms with Crippen LogP contribution in [-0.4, -0.2) is 41.0 Å². The molecule has 1 fully saturated rings. The van der Waals surface area contributed by atoms with Crippen molar-refractivity contribution in [2.75, 3.05) is 13.1 Å². The second-order valence-corrected chi connectivity index (χ2v) is 5.22. The van der Waals surface area contributed by atoms with Gasteiger partial charge in [0.25, 0.3) is 5.91 Å². The van der Waals surface area contributed by atoms with Crippen molar-refractivity contribution in [1.29, 1.82) is 0 Å². The van der Waals surface area contributed by atoms with E-state index in [4.69, 9.17) is 4.74 Å². The molecule has 1 aliphatic heterocycles. The van der Waals surface area contributed by atoms with Gasteiger partial charge in [-0.1, -0.05) is 0 Å². The zero-order valence-electron chi connectivity index (χ0n) is 11.9. The third-order valence-corrected chi connectivity index (χ3v) is 3.34. The summed E-state index contributed by atoms with van der Waals surface area (Å²) in [5, 5.41) is 0. The van der Waals surface area contributed by atoms with Gasteiger partial charge in [-0.25, -0.2) is 4.79 Å². The molecule has 0 unspecified atom stereocenters. The van der Waals surface area contributed by atoms with E-state index in [1.807, 2.05) is 0 Å². The lowest BCUT2D eigenvalue weighted by molar-refractivity contribution is 0.0376. The Balaban J connectivity index is 2.28. The molecule has 0 saturated carbocycles. The summed E-state index contributed by atoms with van der Waals surface area (Å²) >= 11 is 0. The summed E-state index contributed by atoms with van der Waals surface area (Å²) < 4.78 is 5.21. The number of carbonyl (C=O) groups excluding carboxylic acids is 2. The Hall–Kier alpha value is -1.78. The van der Waals surface area contributed by atoms with E-state index in [-0.39, 0.29) is 18.0 Å². The smallest absolute Gasteiger partial charge is 0.340 e. The Kier molecular flexibility index (Phi) is 3.64.